The van der Waals surface area contributed by atoms with E-state index in [4.69, 9.17) is 0 Å². The maximum Gasteiger partial charge on any atom is 0.204 e. The van der Waals surface area contributed by atoms with E-state index in [1.165, 1.54) is 11.1 Å². The van der Waals surface area contributed by atoms with Gasteiger partial charge in [0.25, 0.3) is 0 Å². The molecule has 0 fully saturated rings. The first-order chi connectivity index (χ1) is 11.7. The number of fused-ring (bicyclic) bond motifs is 1. The smallest absolute Gasteiger partial charge is 0.204 e. The Kier molecular flexibility index (Phi) is 3.32. The molecular weight excluding hydrogens is 300 g/mol. The van der Waals surface area contributed by atoms with Crippen molar-refractivity contribution >= 4 is 10.9 Å². The van der Waals surface area contributed by atoms with Gasteiger partial charge < -0.3 is 4.98 Å². The van der Waals surface area contributed by atoms with E-state index in [9.17, 15) is 5.26 Å². The van der Waals surface area contributed by atoms with Gasteiger partial charge in [-0.15, -0.1) is 10.2 Å². The van der Waals surface area contributed by atoms with Crippen molar-refractivity contribution in [3.8, 4) is 17.5 Å². The molecule has 0 bridgehead atoms. The summed E-state index contributed by atoms with van der Waals surface area (Å²) in [4.78, 5) is 3.32. The van der Waals surface area contributed by atoms with Crippen LogP contribution in [0, 0.1) is 18.3 Å². The van der Waals surface area contributed by atoms with Gasteiger partial charge in [0.2, 0.25) is 5.82 Å². The van der Waals surface area contributed by atoms with Crippen LogP contribution in [0.2, 0.25) is 0 Å². The van der Waals surface area contributed by atoms with Crippen molar-refractivity contribution in [1.29, 1.82) is 5.26 Å². The molecule has 2 aromatic carbocycles. The van der Waals surface area contributed by atoms with Crippen LogP contribution in [0.3, 0.4) is 0 Å². The van der Waals surface area contributed by atoms with Crippen molar-refractivity contribution in [2.75, 3.05) is 0 Å². The van der Waals surface area contributed by atoms with E-state index in [0.29, 0.717) is 11.4 Å². The van der Waals surface area contributed by atoms with E-state index >= 15 is 0 Å². The zero-order chi connectivity index (χ0) is 16.5. The lowest BCUT2D eigenvalue weighted by Gasteiger charge is -2.03. The number of nitriles is 1. The molecule has 2 heterocycles. The number of nitrogens with one attached hydrogen (secondary N) is 2. The molecule has 0 aliphatic rings. The van der Waals surface area contributed by atoms with Gasteiger partial charge in [-0.25, -0.2) is 0 Å². The number of rotatable bonds is 3. The Hall–Kier alpha value is -3.46. The van der Waals surface area contributed by atoms with Gasteiger partial charge in [-0.2, -0.15) is 10.5 Å². The largest absolute Gasteiger partial charge is 0.361 e. The Labute approximate surface area is 138 Å². The molecule has 2 N–H and O–H groups in total. The fourth-order valence-electron chi connectivity index (χ4n) is 2.96. The quantitative estimate of drug-likeness (QED) is 0.607. The third-order valence-electron chi connectivity index (χ3n) is 4.15. The van der Waals surface area contributed by atoms with Gasteiger partial charge in [0.15, 0.2) is 0 Å². The molecule has 4 rings (SSSR count). The highest BCUT2D eigenvalue weighted by atomic mass is 15.5. The molecular formula is C18H14N6. The number of hydrogen-bond donors (Lipinski definition) is 2. The van der Waals surface area contributed by atoms with E-state index < -0.39 is 0 Å². The lowest BCUT2D eigenvalue weighted by molar-refractivity contribution is 0.881. The van der Waals surface area contributed by atoms with Crippen molar-refractivity contribution in [2.24, 2.45) is 0 Å². The standard InChI is InChI=1S/C18H14N6/c1-11-6-13(9-19)8-16-15(10-20-17(11)16)7-12-2-4-14(5-3-12)18-21-23-24-22-18/h2-6,8,10,20H,7H2,1H3,(H,21,22,23,24). The Morgan fingerprint density at radius 2 is 2.00 bits per heavy atom. The Morgan fingerprint density at radius 3 is 2.71 bits per heavy atom. The topological polar surface area (TPSA) is 94.0 Å². The molecule has 0 saturated carbocycles. The van der Waals surface area contributed by atoms with Crippen LogP contribution < -0.4 is 0 Å². The van der Waals surface area contributed by atoms with Gasteiger partial charge in [-0.05, 0) is 47.4 Å². The molecule has 6 heteroatoms. The lowest BCUT2D eigenvalue weighted by atomic mass is 10.0. The molecule has 0 unspecified atom stereocenters. The fourth-order valence-corrected chi connectivity index (χ4v) is 2.96. The third-order valence-corrected chi connectivity index (χ3v) is 4.15. The summed E-state index contributed by atoms with van der Waals surface area (Å²) in [5, 5.41) is 24.3. The summed E-state index contributed by atoms with van der Waals surface area (Å²) >= 11 is 0. The number of aromatic nitrogens is 5. The number of tetrazole rings is 1. The minimum Gasteiger partial charge on any atom is -0.361 e. The molecule has 0 aliphatic heterocycles. The molecule has 116 valence electrons. The normalized spacial score (nSPS) is 10.8. The summed E-state index contributed by atoms with van der Waals surface area (Å²) in [7, 11) is 0. The van der Waals surface area contributed by atoms with Crippen LogP contribution in [0.5, 0.6) is 0 Å². The van der Waals surface area contributed by atoms with Crippen LogP contribution in [-0.2, 0) is 6.42 Å². The Balaban J connectivity index is 1.67. The number of hydrogen-bond acceptors (Lipinski definition) is 4. The van der Waals surface area contributed by atoms with Crippen LogP contribution >= 0.6 is 0 Å². The first-order valence-corrected chi connectivity index (χ1v) is 7.58. The second-order valence-corrected chi connectivity index (χ2v) is 5.75. The highest BCUT2D eigenvalue weighted by Crippen LogP contribution is 2.26. The molecule has 24 heavy (non-hydrogen) atoms. The van der Waals surface area contributed by atoms with Crippen molar-refractivity contribution in [3.05, 3.63) is 64.8 Å². The summed E-state index contributed by atoms with van der Waals surface area (Å²) < 4.78 is 0. The van der Waals surface area contributed by atoms with Gasteiger partial charge >= 0.3 is 0 Å². The van der Waals surface area contributed by atoms with Crippen LogP contribution in [-0.4, -0.2) is 25.6 Å². The molecule has 0 spiro atoms. The minimum absolute atomic E-state index is 0.586. The van der Waals surface area contributed by atoms with E-state index in [1.807, 2.05) is 37.4 Å². The monoisotopic (exact) mass is 314 g/mol. The average molecular weight is 314 g/mol. The minimum atomic E-state index is 0.586. The molecule has 0 aliphatic carbocycles. The summed E-state index contributed by atoms with van der Waals surface area (Å²) in [5.41, 5.74) is 6.15. The average Bonchev–Trinajstić information content (AvgIpc) is 3.26. The van der Waals surface area contributed by atoms with Gasteiger partial charge in [0.1, 0.15) is 0 Å². The first-order valence-electron chi connectivity index (χ1n) is 7.58. The number of aromatic amines is 2. The highest BCUT2D eigenvalue weighted by molar-refractivity contribution is 5.87. The Morgan fingerprint density at radius 1 is 1.17 bits per heavy atom. The first kappa shape index (κ1) is 14.2. The van der Waals surface area contributed by atoms with Crippen LogP contribution in [0.4, 0.5) is 0 Å². The molecule has 4 aromatic rings. The molecule has 0 atom stereocenters. The molecule has 0 amide bonds. The molecule has 0 saturated heterocycles. The van der Waals surface area contributed by atoms with E-state index in [1.54, 1.807) is 0 Å². The van der Waals surface area contributed by atoms with Gasteiger partial charge in [-0.3, -0.25) is 0 Å². The number of nitrogens with zero attached hydrogens (tertiary/aromatic N) is 4. The summed E-state index contributed by atoms with van der Waals surface area (Å²) in [6.07, 6.45) is 2.81. The maximum atomic E-state index is 9.18. The second kappa shape index (κ2) is 5.63. The van der Waals surface area contributed by atoms with E-state index in [0.717, 1.165) is 28.5 Å². The van der Waals surface area contributed by atoms with Crippen molar-refractivity contribution in [3.63, 3.8) is 0 Å². The van der Waals surface area contributed by atoms with Crippen LogP contribution in [0.15, 0.2) is 42.6 Å². The second-order valence-electron chi connectivity index (χ2n) is 5.75. The van der Waals surface area contributed by atoms with E-state index in [2.05, 4.69) is 43.8 Å². The van der Waals surface area contributed by atoms with E-state index in [-0.39, 0.29) is 0 Å². The van der Waals surface area contributed by atoms with Crippen LogP contribution in [0.25, 0.3) is 22.3 Å². The summed E-state index contributed by atoms with van der Waals surface area (Å²) in [5.74, 6) is 0.586. The van der Waals surface area contributed by atoms with Gasteiger partial charge in [0, 0.05) is 22.7 Å². The number of benzene rings is 2. The van der Waals surface area contributed by atoms with Gasteiger partial charge in [0.05, 0.1) is 11.6 Å². The third kappa shape index (κ3) is 2.42. The maximum absolute atomic E-state index is 9.18. The summed E-state index contributed by atoms with van der Waals surface area (Å²) in [6.45, 7) is 2.02. The zero-order valence-electron chi connectivity index (χ0n) is 13.0. The zero-order valence-corrected chi connectivity index (χ0v) is 13.0. The predicted molar refractivity (Wildman–Crippen MR) is 90.2 cm³/mol. The fraction of sp³-hybridized carbons (Fsp3) is 0.111. The van der Waals surface area contributed by atoms with Crippen molar-refractivity contribution in [2.45, 2.75) is 13.3 Å². The van der Waals surface area contributed by atoms with Gasteiger partial charge in [-0.1, -0.05) is 24.3 Å². The predicted octanol–water partition coefficient (Wildman–Crippen LogP) is 3.12. The number of aryl methyl sites for hydroxylation is 1. The number of H-pyrrole nitrogens is 2. The SMILES string of the molecule is Cc1cc(C#N)cc2c(Cc3ccc(-c4nn[nH]n4)cc3)c[nH]c12. The Bertz CT molecular complexity index is 1040. The molecule has 0 radical (unpaired) electrons. The van der Waals surface area contributed by atoms with Crippen molar-refractivity contribution < 1.29 is 0 Å². The highest BCUT2D eigenvalue weighted by Gasteiger charge is 2.09. The molecule has 2 aromatic heterocycles. The molecule has 6 nitrogen and oxygen atoms in total. The lowest BCUT2D eigenvalue weighted by Crippen LogP contribution is -1.89. The summed E-state index contributed by atoms with van der Waals surface area (Å²) in [6, 6.07) is 14.2. The van der Waals surface area contributed by atoms with Crippen molar-refractivity contribution in [1.82, 2.24) is 25.6 Å². The van der Waals surface area contributed by atoms with Crippen LogP contribution in [0.1, 0.15) is 22.3 Å².